The number of ether oxygens (including phenoxy) is 2. The standard InChI is InChI=1S/C35H37Cl2N5O4/c1-21(43)19-42-14-15-46-30-16-22(6-7-24(30)20-42)34-33(37)27(12-13-39-34)26-4-3-5-28(32(26)36)29-10-8-23(35(41-29)45-2)17-38-18-25-9-11-31(44)40-25/h3-8,10,12-13,16,21,25,38,43H,9,11,14-15,17-20H2,1-2H3,(H,40,44)/t21-,25-/m1/s1. The number of hydrogen-bond donors (Lipinski definition) is 3. The summed E-state index contributed by atoms with van der Waals surface area (Å²) in [6.07, 6.45) is 2.74. The van der Waals surface area contributed by atoms with Crippen LogP contribution in [0, 0.1) is 0 Å². The summed E-state index contributed by atoms with van der Waals surface area (Å²) < 4.78 is 11.7. The Kier molecular flexibility index (Phi) is 10.1. The van der Waals surface area contributed by atoms with Crippen LogP contribution in [0.1, 0.15) is 30.9 Å². The van der Waals surface area contributed by atoms with Crippen LogP contribution in [-0.4, -0.2) is 71.4 Å². The molecule has 1 saturated heterocycles. The number of carbonyl (C=O) groups excluding carboxylic acids is 1. The van der Waals surface area contributed by atoms with E-state index in [-0.39, 0.29) is 11.9 Å². The van der Waals surface area contributed by atoms with E-state index in [1.54, 1.807) is 20.2 Å². The molecule has 46 heavy (non-hydrogen) atoms. The molecule has 2 aliphatic rings. The predicted octanol–water partition coefficient (Wildman–Crippen LogP) is 5.74. The first-order valence-electron chi connectivity index (χ1n) is 15.4. The highest BCUT2D eigenvalue weighted by Crippen LogP contribution is 2.42. The van der Waals surface area contributed by atoms with Gasteiger partial charge in [0.2, 0.25) is 11.8 Å². The first-order chi connectivity index (χ1) is 22.3. The van der Waals surface area contributed by atoms with Gasteiger partial charge in [0.05, 0.1) is 34.6 Å². The normalized spacial score (nSPS) is 17.2. The topological polar surface area (TPSA) is 109 Å². The monoisotopic (exact) mass is 661 g/mol. The van der Waals surface area contributed by atoms with E-state index in [1.807, 2.05) is 54.6 Å². The van der Waals surface area contributed by atoms with Crippen molar-refractivity contribution in [2.24, 2.45) is 0 Å². The zero-order chi connectivity index (χ0) is 32.2. The number of carbonyl (C=O) groups is 1. The van der Waals surface area contributed by atoms with Gasteiger partial charge in [-0.05, 0) is 31.5 Å². The van der Waals surface area contributed by atoms with Crippen molar-refractivity contribution >= 4 is 29.1 Å². The first kappa shape index (κ1) is 32.2. The van der Waals surface area contributed by atoms with Crippen LogP contribution in [0.5, 0.6) is 11.6 Å². The number of aromatic nitrogens is 2. The molecule has 1 amide bonds. The van der Waals surface area contributed by atoms with E-state index in [0.717, 1.165) is 52.1 Å². The summed E-state index contributed by atoms with van der Waals surface area (Å²) in [4.78, 5) is 23.1. The Balaban J connectivity index is 1.25. The van der Waals surface area contributed by atoms with Crippen LogP contribution < -0.4 is 20.1 Å². The number of nitrogens with one attached hydrogen (secondary N) is 2. The fourth-order valence-electron chi connectivity index (χ4n) is 6.03. The van der Waals surface area contributed by atoms with Crippen LogP contribution in [0.3, 0.4) is 0 Å². The van der Waals surface area contributed by atoms with Crippen molar-refractivity contribution in [1.29, 1.82) is 0 Å². The summed E-state index contributed by atoms with van der Waals surface area (Å²) in [6.45, 7) is 5.58. The summed E-state index contributed by atoms with van der Waals surface area (Å²) in [7, 11) is 1.60. The number of halogens is 2. The number of pyridine rings is 2. The van der Waals surface area contributed by atoms with Gasteiger partial charge in [-0.3, -0.25) is 14.7 Å². The number of aliphatic hydroxyl groups excluding tert-OH is 1. The molecule has 11 heteroatoms. The molecule has 2 atom stereocenters. The summed E-state index contributed by atoms with van der Waals surface area (Å²) >= 11 is 14.1. The quantitative estimate of drug-likeness (QED) is 0.198. The number of aliphatic hydroxyl groups is 1. The van der Waals surface area contributed by atoms with E-state index >= 15 is 0 Å². The molecule has 6 rings (SSSR count). The van der Waals surface area contributed by atoms with E-state index in [4.69, 9.17) is 37.7 Å². The third kappa shape index (κ3) is 7.14. The number of rotatable bonds is 10. The zero-order valence-electron chi connectivity index (χ0n) is 25.9. The van der Waals surface area contributed by atoms with Crippen LogP contribution in [0.4, 0.5) is 0 Å². The van der Waals surface area contributed by atoms with Gasteiger partial charge in [0, 0.05) is 84.8 Å². The predicted molar refractivity (Wildman–Crippen MR) is 180 cm³/mol. The highest BCUT2D eigenvalue weighted by molar-refractivity contribution is 6.39. The fraction of sp³-hybridized carbons (Fsp3) is 0.343. The van der Waals surface area contributed by atoms with Crippen molar-refractivity contribution in [2.45, 2.75) is 45.0 Å². The molecule has 2 aromatic carbocycles. The van der Waals surface area contributed by atoms with Gasteiger partial charge in [0.25, 0.3) is 0 Å². The average Bonchev–Trinajstić information content (AvgIpc) is 3.35. The molecule has 4 aromatic rings. The fourth-order valence-corrected chi connectivity index (χ4v) is 6.68. The van der Waals surface area contributed by atoms with Crippen molar-refractivity contribution in [3.63, 3.8) is 0 Å². The molecular formula is C35H37Cl2N5O4. The second-order valence-electron chi connectivity index (χ2n) is 11.7. The van der Waals surface area contributed by atoms with E-state index in [2.05, 4.69) is 20.5 Å². The third-order valence-corrected chi connectivity index (χ3v) is 9.09. The highest BCUT2D eigenvalue weighted by Gasteiger charge is 2.22. The average molecular weight is 663 g/mol. The number of β-amino-alcohol motifs (C(OH)–C–C–N with tert-alkyl or cyclic N) is 1. The van der Waals surface area contributed by atoms with Gasteiger partial charge in [-0.25, -0.2) is 4.98 Å². The maximum absolute atomic E-state index is 11.5. The molecule has 0 spiro atoms. The Morgan fingerprint density at radius 3 is 2.74 bits per heavy atom. The molecule has 3 N–H and O–H groups in total. The number of amides is 1. The summed E-state index contributed by atoms with van der Waals surface area (Å²) in [5.74, 6) is 1.40. The number of nitrogens with zero attached hydrogens (tertiary/aromatic N) is 3. The van der Waals surface area contributed by atoms with Crippen LogP contribution in [0.2, 0.25) is 10.0 Å². The lowest BCUT2D eigenvalue weighted by atomic mass is 9.99. The summed E-state index contributed by atoms with van der Waals surface area (Å²) in [6, 6.07) is 17.7. The van der Waals surface area contributed by atoms with Gasteiger partial charge in [0.1, 0.15) is 12.4 Å². The SMILES string of the molecule is COc1nc(-c2cccc(-c3ccnc(-c4ccc5c(c4)OCCN(C[C@@H](C)O)C5)c3Cl)c2Cl)ccc1CNC[C@H]1CCC(=O)N1. The van der Waals surface area contributed by atoms with Gasteiger partial charge in [-0.15, -0.1) is 0 Å². The lowest BCUT2D eigenvalue weighted by Crippen LogP contribution is -2.35. The second kappa shape index (κ2) is 14.4. The number of hydrogen-bond acceptors (Lipinski definition) is 8. The van der Waals surface area contributed by atoms with Crippen molar-refractivity contribution in [1.82, 2.24) is 25.5 Å². The lowest BCUT2D eigenvalue weighted by Gasteiger charge is -2.20. The Morgan fingerprint density at radius 1 is 1.13 bits per heavy atom. The molecule has 240 valence electrons. The third-order valence-electron chi connectivity index (χ3n) is 8.30. The highest BCUT2D eigenvalue weighted by atomic mass is 35.5. The maximum atomic E-state index is 11.5. The minimum atomic E-state index is -0.407. The number of methoxy groups -OCH3 is 1. The van der Waals surface area contributed by atoms with Gasteiger partial charge < -0.3 is 25.2 Å². The first-order valence-corrected chi connectivity index (χ1v) is 16.2. The van der Waals surface area contributed by atoms with E-state index in [1.165, 1.54) is 0 Å². The minimum Gasteiger partial charge on any atom is -0.492 e. The van der Waals surface area contributed by atoms with Gasteiger partial charge in [-0.1, -0.05) is 59.6 Å². The van der Waals surface area contributed by atoms with Crippen molar-refractivity contribution < 1.29 is 19.4 Å². The molecule has 4 heterocycles. The summed E-state index contributed by atoms with van der Waals surface area (Å²) in [5, 5.41) is 17.2. The van der Waals surface area contributed by atoms with Gasteiger partial charge in [-0.2, -0.15) is 0 Å². The molecule has 0 bridgehead atoms. The molecule has 2 aromatic heterocycles. The molecule has 0 aliphatic carbocycles. The van der Waals surface area contributed by atoms with Gasteiger partial charge in [0.15, 0.2) is 0 Å². The Bertz CT molecular complexity index is 1730. The van der Waals surface area contributed by atoms with Crippen LogP contribution in [0.25, 0.3) is 33.6 Å². The van der Waals surface area contributed by atoms with Crippen molar-refractivity contribution in [3.8, 4) is 45.3 Å². The maximum Gasteiger partial charge on any atom is 0.220 e. The Morgan fingerprint density at radius 2 is 1.96 bits per heavy atom. The van der Waals surface area contributed by atoms with E-state index in [0.29, 0.717) is 66.5 Å². The van der Waals surface area contributed by atoms with E-state index < -0.39 is 6.10 Å². The molecule has 9 nitrogen and oxygen atoms in total. The largest absolute Gasteiger partial charge is 0.492 e. The molecule has 0 radical (unpaired) electrons. The molecular weight excluding hydrogens is 625 g/mol. The van der Waals surface area contributed by atoms with Crippen LogP contribution in [-0.2, 0) is 17.9 Å². The number of fused-ring (bicyclic) bond motifs is 1. The van der Waals surface area contributed by atoms with Gasteiger partial charge >= 0.3 is 0 Å². The van der Waals surface area contributed by atoms with Crippen molar-refractivity contribution in [3.05, 3.63) is 82.0 Å². The number of benzene rings is 2. The summed E-state index contributed by atoms with van der Waals surface area (Å²) in [5.41, 5.74) is 6.37. The van der Waals surface area contributed by atoms with Crippen LogP contribution in [0.15, 0.2) is 60.8 Å². The van der Waals surface area contributed by atoms with Crippen molar-refractivity contribution in [2.75, 3.05) is 33.4 Å². The molecule has 0 saturated carbocycles. The minimum absolute atomic E-state index is 0.101. The Labute approximate surface area is 278 Å². The molecule has 0 unspecified atom stereocenters. The van der Waals surface area contributed by atoms with Crippen LogP contribution >= 0.6 is 23.2 Å². The molecule has 2 aliphatic heterocycles. The van der Waals surface area contributed by atoms with E-state index in [9.17, 15) is 9.90 Å². The Hall–Kier alpha value is -3.73. The lowest BCUT2D eigenvalue weighted by molar-refractivity contribution is -0.119. The molecule has 1 fully saturated rings. The smallest absolute Gasteiger partial charge is 0.220 e. The second-order valence-corrected chi connectivity index (χ2v) is 12.5. The zero-order valence-corrected chi connectivity index (χ0v) is 27.4.